The summed E-state index contributed by atoms with van der Waals surface area (Å²) in [7, 11) is 0. The molecular formula is C27H33F3N4O2. The Morgan fingerprint density at radius 2 is 1.69 bits per heavy atom. The van der Waals surface area contributed by atoms with Gasteiger partial charge in [0.15, 0.2) is 0 Å². The van der Waals surface area contributed by atoms with E-state index in [0.717, 1.165) is 56.3 Å². The lowest BCUT2D eigenvalue weighted by Gasteiger charge is -2.33. The van der Waals surface area contributed by atoms with Gasteiger partial charge in [-0.25, -0.2) is 4.98 Å². The van der Waals surface area contributed by atoms with Gasteiger partial charge in [0, 0.05) is 24.2 Å². The van der Waals surface area contributed by atoms with Crippen molar-refractivity contribution in [2.45, 2.75) is 64.2 Å². The van der Waals surface area contributed by atoms with Crippen LogP contribution in [-0.4, -0.2) is 40.8 Å². The zero-order chi connectivity index (χ0) is 25.7. The Morgan fingerprint density at radius 3 is 2.39 bits per heavy atom. The monoisotopic (exact) mass is 502 g/mol. The summed E-state index contributed by atoms with van der Waals surface area (Å²) in [6.07, 6.45) is 1.52. The van der Waals surface area contributed by atoms with Crippen LogP contribution < -0.4 is 10.6 Å². The van der Waals surface area contributed by atoms with Gasteiger partial charge in [0.05, 0.1) is 0 Å². The average Bonchev–Trinajstić information content (AvgIpc) is 2.85. The summed E-state index contributed by atoms with van der Waals surface area (Å²) in [6.45, 7) is 4.56. The number of carbonyl (C=O) groups is 2. The molecule has 2 amide bonds. The highest BCUT2D eigenvalue weighted by molar-refractivity contribution is 6.02. The van der Waals surface area contributed by atoms with Gasteiger partial charge in [0.25, 0.3) is 5.91 Å². The van der Waals surface area contributed by atoms with Crippen LogP contribution in [0.15, 0.2) is 42.5 Å². The highest BCUT2D eigenvalue weighted by atomic mass is 19.4. The summed E-state index contributed by atoms with van der Waals surface area (Å²) in [5.41, 5.74) is 0.0736. The molecule has 1 aromatic heterocycles. The van der Waals surface area contributed by atoms with Gasteiger partial charge in [0.2, 0.25) is 5.91 Å². The minimum atomic E-state index is -4.61. The normalized spacial score (nSPS) is 21.7. The number of piperidine rings is 1. The molecule has 0 radical (unpaired) electrons. The van der Waals surface area contributed by atoms with Crippen molar-refractivity contribution in [2.24, 2.45) is 11.8 Å². The molecule has 2 fully saturated rings. The molecule has 0 unspecified atom stereocenters. The zero-order valence-electron chi connectivity index (χ0n) is 20.5. The first kappa shape index (κ1) is 26.1. The number of alkyl halides is 3. The molecule has 2 heterocycles. The molecule has 1 saturated heterocycles. The van der Waals surface area contributed by atoms with Crippen LogP contribution in [0, 0.1) is 11.8 Å². The second-order valence-electron chi connectivity index (χ2n) is 10.1. The molecule has 1 saturated carbocycles. The quantitative estimate of drug-likeness (QED) is 0.565. The van der Waals surface area contributed by atoms with Gasteiger partial charge in [-0.3, -0.25) is 14.5 Å². The smallest absolute Gasteiger partial charge is 0.353 e. The number of hydrogen-bond acceptors (Lipinski definition) is 4. The van der Waals surface area contributed by atoms with Crippen molar-refractivity contribution >= 4 is 17.5 Å². The first-order valence-corrected chi connectivity index (χ1v) is 12.6. The fourth-order valence-corrected chi connectivity index (χ4v) is 5.00. The number of nitrogens with zero attached hydrogens (tertiary/aromatic N) is 2. The van der Waals surface area contributed by atoms with Crippen molar-refractivity contribution in [1.29, 1.82) is 0 Å². The van der Waals surface area contributed by atoms with Crippen molar-refractivity contribution in [2.75, 3.05) is 18.4 Å². The maximum Gasteiger partial charge on any atom is 0.433 e. The van der Waals surface area contributed by atoms with Crippen LogP contribution >= 0.6 is 0 Å². The van der Waals surface area contributed by atoms with Gasteiger partial charge in [-0.05, 0) is 87.4 Å². The van der Waals surface area contributed by atoms with Crippen LogP contribution in [0.4, 0.5) is 18.9 Å². The van der Waals surface area contributed by atoms with E-state index in [1.807, 2.05) is 12.1 Å². The van der Waals surface area contributed by atoms with Crippen molar-refractivity contribution in [1.82, 2.24) is 15.2 Å². The average molecular weight is 503 g/mol. The van der Waals surface area contributed by atoms with Crippen LogP contribution in [0.25, 0.3) is 0 Å². The van der Waals surface area contributed by atoms with Crippen LogP contribution in [0.2, 0.25) is 0 Å². The number of aromatic nitrogens is 1. The Kier molecular flexibility index (Phi) is 8.28. The first-order chi connectivity index (χ1) is 17.2. The van der Waals surface area contributed by atoms with Crippen molar-refractivity contribution < 1.29 is 22.8 Å². The standard InChI is InChI=1S/C27H33F3N4O2/c1-18-8-10-21(11-9-18)31-25(35)20-12-14-34(15-13-20)17-19-4-2-5-22(16-19)32-26(36)23-6-3-7-24(33-23)27(28,29)30/h2-7,16,18,20-21H,8-15,17H2,1H3,(H,31,35)(H,32,36). The van der Waals surface area contributed by atoms with Crippen LogP contribution in [0.3, 0.4) is 0 Å². The second kappa shape index (κ2) is 11.4. The molecule has 1 aromatic carbocycles. The SMILES string of the molecule is CC1CCC(NC(=O)C2CCN(Cc3cccc(NC(=O)c4cccc(C(F)(F)F)n4)c3)CC2)CC1. The van der Waals surface area contributed by atoms with Gasteiger partial charge in [-0.2, -0.15) is 13.2 Å². The molecule has 1 aliphatic carbocycles. The van der Waals surface area contributed by atoms with Gasteiger partial charge < -0.3 is 10.6 Å². The minimum absolute atomic E-state index is 0.0474. The Bertz CT molecular complexity index is 1060. The molecule has 9 heteroatoms. The Hall–Kier alpha value is -2.94. The van der Waals surface area contributed by atoms with E-state index in [-0.39, 0.29) is 17.5 Å². The van der Waals surface area contributed by atoms with E-state index in [1.54, 1.807) is 12.1 Å². The summed E-state index contributed by atoms with van der Waals surface area (Å²) in [6, 6.07) is 10.8. The third-order valence-electron chi connectivity index (χ3n) is 7.18. The fraction of sp³-hybridized carbons (Fsp3) is 0.519. The molecule has 0 bridgehead atoms. The fourth-order valence-electron chi connectivity index (χ4n) is 5.00. The number of halogens is 3. The summed E-state index contributed by atoms with van der Waals surface area (Å²) in [5, 5.41) is 5.90. The molecule has 2 aromatic rings. The molecule has 2 aliphatic rings. The first-order valence-electron chi connectivity index (χ1n) is 12.6. The minimum Gasteiger partial charge on any atom is -0.353 e. The zero-order valence-corrected chi connectivity index (χ0v) is 20.5. The van der Waals surface area contributed by atoms with Gasteiger partial charge in [-0.15, -0.1) is 0 Å². The number of benzene rings is 1. The molecule has 194 valence electrons. The Balaban J connectivity index is 1.27. The number of amides is 2. The maximum absolute atomic E-state index is 12.9. The molecule has 4 rings (SSSR count). The maximum atomic E-state index is 12.9. The summed E-state index contributed by atoms with van der Waals surface area (Å²) < 4.78 is 38.7. The summed E-state index contributed by atoms with van der Waals surface area (Å²) in [4.78, 5) is 30.9. The van der Waals surface area contributed by atoms with Gasteiger partial charge in [0.1, 0.15) is 11.4 Å². The highest BCUT2D eigenvalue weighted by Crippen LogP contribution is 2.28. The lowest BCUT2D eigenvalue weighted by atomic mass is 9.86. The number of anilines is 1. The number of pyridine rings is 1. The predicted octanol–water partition coefficient (Wildman–Crippen LogP) is 5.26. The van der Waals surface area contributed by atoms with E-state index in [9.17, 15) is 22.8 Å². The third kappa shape index (κ3) is 7.06. The molecule has 6 nitrogen and oxygen atoms in total. The second-order valence-corrected chi connectivity index (χ2v) is 10.1. The highest BCUT2D eigenvalue weighted by Gasteiger charge is 2.33. The van der Waals surface area contributed by atoms with E-state index < -0.39 is 17.8 Å². The van der Waals surface area contributed by atoms with E-state index in [1.165, 1.54) is 25.0 Å². The molecular weight excluding hydrogens is 469 g/mol. The number of carbonyl (C=O) groups excluding carboxylic acids is 2. The molecule has 0 atom stereocenters. The van der Waals surface area contributed by atoms with Crippen LogP contribution in [-0.2, 0) is 17.5 Å². The number of rotatable bonds is 6. The largest absolute Gasteiger partial charge is 0.433 e. The number of hydrogen-bond donors (Lipinski definition) is 2. The predicted molar refractivity (Wildman–Crippen MR) is 131 cm³/mol. The molecule has 36 heavy (non-hydrogen) atoms. The van der Waals surface area contributed by atoms with Gasteiger partial charge >= 0.3 is 6.18 Å². The van der Waals surface area contributed by atoms with Crippen molar-refractivity contribution in [3.8, 4) is 0 Å². The van der Waals surface area contributed by atoms with Crippen LogP contribution in [0.1, 0.15) is 67.2 Å². The number of likely N-dealkylation sites (tertiary alicyclic amines) is 1. The number of nitrogens with one attached hydrogen (secondary N) is 2. The van der Waals surface area contributed by atoms with Crippen molar-refractivity contribution in [3.05, 3.63) is 59.4 Å². The van der Waals surface area contributed by atoms with E-state index in [2.05, 4.69) is 27.4 Å². The molecule has 0 spiro atoms. The van der Waals surface area contributed by atoms with E-state index >= 15 is 0 Å². The topological polar surface area (TPSA) is 74.3 Å². The van der Waals surface area contributed by atoms with E-state index in [0.29, 0.717) is 18.3 Å². The Morgan fingerprint density at radius 1 is 1.00 bits per heavy atom. The lowest BCUT2D eigenvalue weighted by molar-refractivity contribution is -0.141. The molecule has 2 N–H and O–H groups in total. The lowest BCUT2D eigenvalue weighted by Crippen LogP contribution is -2.44. The summed E-state index contributed by atoms with van der Waals surface area (Å²) in [5.74, 6) is 0.288. The van der Waals surface area contributed by atoms with Crippen LogP contribution in [0.5, 0.6) is 0 Å². The Labute approximate surface area is 209 Å². The van der Waals surface area contributed by atoms with Gasteiger partial charge in [-0.1, -0.05) is 25.1 Å². The van der Waals surface area contributed by atoms with Crippen molar-refractivity contribution in [3.63, 3.8) is 0 Å². The summed E-state index contributed by atoms with van der Waals surface area (Å²) >= 11 is 0. The van der Waals surface area contributed by atoms with E-state index in [4.69, 9.17) is 0 Å². The third-order valence-corrected chi connectivity index (χ3v) is 7.18. The molecule has 1 aliphatic heterocycles.